The van der Waals surface area contributed by atoms with Crippen LogP contribution in [0.3, 0.4) is 0 Å². The summed E-state index contributed by atoms with van der Waals surface area (Å²) in [5, 5.41) is 11.6. The Morgan fingerprint density at radius 1 is 1.50 bits per heavy atom. The standard InChI is InChI=1S/C10H10N2O3S/c13-9-8(4-1-2-4)16-5-3-11-7(10(14)15)6(5)12-9/h3-4,8,11H,1-2H2,(H,12,13)(H,14,15). The van der Waals surface area contributed by atoms with Crippen LogP contribution in [0.5, 0.6) is 0 Å². The monoisotopic (exact) mass is 238 g/mol. The van der Waals surface area contributed by atoms with Crippen LogP contribution in [0.25, 0.3) is 0 Å². The Bertz CT molecular complexity index is 478. The number of H-pyrrole nitrogens is 1. The molecular formula is C10H10N2O3S. The molecule has 1 unspecified atom stereocenters. The molecule has 1 amide bonds. The van der Waals surface area contributed by atoms with Gasteiger partial charge in [0.05, 0.1) is 15.8 Å². The number of carboxylic acid groups (broad SMARTS) is 1. The molecule has 2 heterocycles. The average Bonchev–Trinajstić information content (AvgIpc) is 2.98. The number of aromatic amines is 1. The number of hydrogen-bond acceptors (Lipinski definition) is 3. The van der Waals surface area contributed by atoms with Gasteiger partial charge in [0.15, 0.2) is 0 Å². The molecule has 0 saturated heterocycles. The van der Waals surface area contributed by atoms with Crippen LogP contribution >= 0.6 is 11.8 Å². The number of carbonyl (C=O) groups is 2. The lowest BCUT2D eigenvalue weighted by Crippen LogP contribution is -2.30. The second kappa shape index (κ2) is 3.28. The molecule has 5 nitrogen and oxygen atoms in total. The molecule has 1 aromatic heterocycles. The summed E-state index contributed by atoms with van der Waals surface area (Å²) in [7, 11) is 0. The number of aromatic carboxylic acids is 1. The summed E-state index contributed by atoms with van der Waals surface area (Å²) in [5.74, 6) is -0.657. The average molecular weight is 238 g/mol. The molecule has 1 atom stereocenters. The summed E-state index contributed by atoms with van der Waals surface area (Å²) in [4.78, 5) is 26.2. The van der Waals surface area contributed by atoms with E-state index in [1.54, 1.807) is 6.20 Å². The van der Waals surface area contributed by atoms with Gasteiger partial charge in [0.25, 0.3) is 0 Å². The molecule has 0 spiro atoms. The molecular weight excluding hydrogens is 228 g/mol. The summed E-state index contributed by atoms with van der Waals surface area (Å²) < 4.78 is 0. The molecule has 6 heteroatoms. The number of thioether (sulfide) groups is 1. The predicted octanol–water partition coefficient (Wildman–Crippen LogP) is 1.54. The maximum atomic E-state index is 11.8. The van der Waals surface area contributed by atoms with Crippen molar-refractivity contribution >= 4 is 29.3 Å². The van der Waals surface area contributed by atoms with Crippen LogP contribution in [0.4, 0.5) is 5.69 Å². The first-order chi connectivity index (χ1) is 7.66. The van der Waals surface area contributed by atoms with Crippen LogP contribution < -0.4 is 5.32 Å². The highest BCUT2D eigenvalue weighted by Gasteiger charge is 2.41. The summed E-state index contributed by atoms with van der Waals surface area (Å²) >= 11 is 1.47. The third-order valence-electron chi connectivity index (χ3n) is 2.87. The van der Waals surface area contributed by atoms with Gasteiger partial charge in [-0.3, -0.25) is 4.79 Å². The zero-order valence-corrected chi connectivity index (χ0v) is 9.13. The van der Waals surface area contributed by atoms with Gasteiger partial charge in [-0.1, -0.05) is 0 Å². The van der Waals surface area contributed by atoms with E-state index in [1.165, 1.54) is 11.8 Å². The second-order valence-corrected chi connectivity index (χ2v) is 5.26. The number of fused-ring (bicyclic) bond motifs is 1. The molecule has 2 aliphatic rings. The zero-order valence-electron chi connectivity index (χ0n) is 8.32. The highest BCUT2D eigenvalue weighted by atomic mass is 32.2. The van der Waals surface area contributed by atoms with Crippen molar-refractivity contribution in [3.8, 4) is 0 Å². The summed E-state index contributed by atoms with van der Waals surface area (Å²) in [6, 6.07) is 0. The molecule has 0 radical (unpaired) electrons. The van der Waals surface area contributed by atoms with Gasteiger partial charge < -0.3 is 15.4 Å². The maximum absolute atomic E-state index is 11.8. The number of amides is 1. The number of hydrogen-bond donors (Lipinski definition) is 3. The van der Waals surface area contributed by atoms with Crippen LogP contribution in [0.2, 0.25) is 0 Å². The third-order valence-corrected chi connectivity index (χ3v) is 4.30. The zero-order chi connectivity index (χ0) is 11.3. The van der Waals surface area contributed by atoms with Crippen LogP contribution in [-0.2, 0) is 4.79 Å². The Morgan fingerprint density at radius 2 is 2.25 bits per heavy atom. The van der Waals surface area contributed by atoms with Crippen molar-refractivity contribution in [3.05, 3.63) is 11.9 Å². The van der Waals surface area contributed by atoms with Gasteiger partial charge >= 0.3 is 5.97 Å². The van der Waals surface area contributed by atoms with Gasteiger partial charge in [-0.2, -0.15) is 0 Å². The molecule has 1 saturated carbocycles. The van der Waals surface area contributed by atoms with E-state index in [2.05, 4.69) is 10.3 Å². The number of nitrogens with one attached hydrogen (secondary N) is 2. The summed E-state index contributed by atoms with van der Waals surface area (Å²) in [5.41, 5.74) is 0.476. The van der Waals surface area contributed by atoms with Gasteiger partial charge in [-0.15, -0.1) is 11.8 Å². The van der Waals surface area contributed by atoms with Crippen molar-refractivity contribution < 1.29 is 14.7 Å². The molecule has 3 rings (SSSR count). The van der Waals surface area contributed by atoms with Crippen molar-refractivity contribution in [1.29, 1.82) is 0 Å². The lowest BCUT2D eigenvalue weighted by Gasteiger charge is -2.21. The van der Waals surface area contributed by atoms with Crippen LogP contribution in [0.1, 0.15) is 23.3 Å². The molecule has 0 aromatic carbocycles. The van der Waals surface area contributed by atoms with E-state index < -0.39 is 5.97 Å². The van der Waals surface area contributed by atoms with Crippen molar-refractivity contribution in [2.75, 3.05) is 5.32 Å². The smallest absolute Gasteiger partial charge is 0.354 e. The lowest BCUT2D eigenvalue weighted by molar-refractivity contribution is -0.116. The summed E-state index contributed by atoms with van der Waals surface area (Å²) in [6.07, 6.45) is 3.84. The van der Waals surface area contributed by atoms with E-state index in [4.69, 9.17) is 5.11 Å². The molecule has 1 aliphatic carbocycles. The van der Waals surface area contributed by atoms with E-state index in [1.807, 2.05) is 0 Å². The van der Waals surface area contributed by atoms with Crippen LogP contribution in [-0.4, -0.2) is 27.2 Å². The SMILES string of the molecule is O=C(O)c1[nH]cc2c1NC(=O)C(C1CC1)S2. The normalized spacial score (nSPS) is 23.8. The number of anilines is 1. The minimum absolute atomic E-state index is 0.0510. The van der Waals surface area contributed by atoms with Crippen molar-refractivity contribution in [2.45, 2.75) is 23.0 Å². The number of carbonyl (C=O) groups excluding carboxylic acids is 1. The van der Waals surface area contributed by atoms with E-state index in [-0.39, 0.29) is 16.9 Å². The minimum atomic E-state index is -1.05. The lowest BCUT2D eigenvalue weighted by atomic mass is 10.2. The number of aromatic nitrogens is 1. The van der Waals surface area contributed by atoms with Crippen molar-refractivity contribution in [3.63, 3.8) is 0 Å². The topological polar surface area (TPSA) is 82.2 Å². The molecule has 0 bridgehead atoms. The molecule has 1 fully saturated rings. The first-order valence-corrected chi connectivity index (χ1v) is 5.97. The Labute approximate surface area is 95.6 Å². The van der Waals surface area contributed by atoms with Crippen LogP contribution in [0, 0.1) is 5.92 Å². The van der Waals surface area contributed by atoms with Crippen LogP contribution in [0.15, 0.2) is 11.1 Å². The minimum Gasteiger partial charge on any atom is -0.477 e. The largest absolute Gasteiger partial charge is 0.477 e. The Kier molecular flexibility index (Phi) is 2.00. The highest BCUT2D eigenvalue weighted by molar-refractivity contribution is 8.01. The van der Waals surface area contributed by atoms with E-state index >= 15 is 0 Å². The first kappa shape index (κ1) is 9.77. The third kappa shape index (κ3) is 1.41. The fourth-order valence-corrected chi connectivity index (χ4v) is 3.19. The van der Waals surface area contributed by atoms with Gasteiger partial charge in [-0.05, 0) is 18.8 Å². The quantitative estimate of drug-likeness (QED) is 0.729. The fourth-order valence-electron chi connectivity index (χ4n) is 1.88. The Morgan fingerprint density at radius 3 is 2.88 bits per heavy atom. The van der Waals surface area contributed by atoms with E-state index in [0.29, 0.717) is 11.6 Å². The van der Waals surface area contributed by atoms with Gasteiger partial charge in [-0.25, -0.2) is 4.79 Å². The van der Waals surface area contributed by atoms with Gasteiger partial charge in [0.2, 0.25) is 5.91 Å². The predicted molar refractivity (Wildman–Crippen MR) is 58.8 cm³/mol. The molecule has 16 heavy (non-hydrogen) atoms. The van der Waals surface area contributed by atoms with E-state index in [9.17, 15) is 9.59 Å². The van der Waals surface area contributed by atoms with Gasteiger partial charge in [0, 0.05) is 6.20 Å². The maximum Gasteiger partial charge on any atom is 0.354 e. The highest BCUT2D eigenvalue weighted by Crippen LogP contribution is 2.47. The second-order valence-electron chi connectivity index (χ2n) is 4.07. The van der Waals surface area contributed by atoms with Gasteiger partial charge in [0.1, 0.15) is 5.69 Å². The molecule has 1 aromatic rings. The Balaban J connectivity index is 1.95. The Hall–Kier alpha value is -1.43. The number of carboxylic acids is 1. The fraction of sp³-hybridized carbons (Fsp3) is 0.400. The first-order valence-electron chi connectivity index (χ1n) is 5.09. The molecule has 3 N–H and O–H groups in total. The summed E-state index contributed by atoms with van der Waals surface area (Å²) in [6.45, 7) is 0. The number of rotatable bonds is 2. The molecule has 1 aliphatic heterocycles. The van der Waals surface area contributed by atoms with E-state index in [0.717, 1.165) is 17.7 Å². The molecule has 84 valence electrons. The van der Waals surface area contributed by atoms with Crippen molar-refractivity contribution in [1.82, 2.24) is 4.98 Å². The van der Waals surface area contributed by atoms with Crippen molar-refractivity contribution in [2.24, 2.45) is 5.92 Å².